The van der Waals surface area contributed by atoms with E-state index in [1.807, 2.05) is 44.2 Å². The number of aryl methyl sites for hydroxylation is 2. The van der Waals surface area contributed by atoms with Crippen LogP contribution in [-0.4, -0.2) is 24.2 Å². The lowest BCUT2D eigenvalue weighted by Crippen LogP contribution is -2.19. The van der Waals surface area contributed by atoms with Crippen molar-refractivity contribution in [1.82, 2.24) is 5.16 Å². The third-order valence-corrected chi connectivity index (χ3v) is 6.50. The number of likely N-dealkylation sites (N-methyl/N-ethyl adjacent to an activating group) is 1. The van der Waals surface area contributed by atoms with Gasteiger partial charge in [-0.25, -0.2) is 0 Å². The van der Waals surface area contributed by atoms with Crippen LogP contribution >= 0.6 is 11.8 Å². The second-order valence-electron chi connectivity index (χ2n) is 7.21. The van der Waals surface area contributed by atoms with E-state index in [9.17, 15) is 4.79 Å². The van der Waals surface area contributed by atoms with E-state index in [1.165, 1.54) is 11.3 Å². The van der Waals surface area contributed by atoms with Gasteiger partial charge in [0.1, 0.15) is 5.76 Å². The minimum Gasteiger partial charge on any atom is -0.371 e. The second kappa shape index (κ2) is 8.33. The number of rotatable bonds is 6. The Balaban J connectivity index is 1.51. The number of nitrogens with one attached hydrogen (secondary N) is 1. The van der Waals surface area contributed by atoms with Gasteiger partial charge in [0.15, 0.2) is 0 Å². The molecular weight excluding hydrogens is 382 g/mol. The predicted molar refractivity (Wildman–Crippen MR) is 118 cm³/mol. The van der Waals surface area contributed by atoms with Gasteiger partial charge in [0, 0.05) is 40.7 Å². The number of carbonyl (C=O) groups is 1. The summed E-state index contributed by atoms with van der Waals surface area (Å²) >= 11 is 1.63. The van der Waals surface area contributed by atoms with Crippen molar-refractivity contribution in [3.8, 4) is 0 Å². The lowest BCUT2D eigenvalue weighted by molar-refractivity contribution is 0.102. The van der Waals surface area contributed by atoms with Crippen LogP contribution in [0.4, 0.5) is 11.4 Å². The van der Waals surface area contributed by atoms with Gasteiger partial charge in [-0.05, 0) is 57.0 Å². The van der Waals surface area contributed by atoms with Crippen LogP contribution in [-0.2, 0) is 12.2 Å². The van der Waals surface area contributed by atoms with E-state index in [1.54, 1.807) is 11.8 Å². The van der Waals surface area contributed by atoms with Gasteiger partial charge in [-0.1, -0.05) is 23.4 Å². The zero-order chi connectivity index (χ0) is 20.4. The number of aromatic nitrogens is 1. The summed E-state index contributed by atoms with van der Waals surface area (Å²) in [4.78, 5) is 16.3. The molecule has 0 aliphatic carbocycles. The van der Waals surface area contributed by atoms with Crippen LogP contribution in [0.2, 0.25) is 0 Å². The minimum absolute atomic E-state index is 0.0899. The van der Waals surface area contributed by atoms with Crippen LogP contribution in [0.1, 0.15) is 39.9 Å². The summed E-state index contributed by atoms with van der Waals surface area (Å²) in [5.74, 6) is 1.46. The molecule has 1 aliphatic rings. The third-order valence-electron chi connectivity index (χ3n) is 5.40. The highest BCUT2D eigenvalue weighted by Gasteiger charge is 2.19. The molecule has 1 N–H and O–H groups in total. The van der Waals surface area contributed by atoms with Crippen LogP contribution < -0.4 is 10.2 Å². The number of benzene rings is 2. The van der Waals surface area contributed by atoms with Gasteiger partial charge < -0.3 is 14.7 Å². The van der Waals surface area contributed by atoms with E-state index >= 15 is 0 Å². The van der Waals surface area contributed by atoms with Crippen molar-refractivity contribution in [1.29, 1.82) is 0 Å². The molecule has 0 saturated heterocycles. The smallest absolute Gasteiger partial charge is 0.256 e. The van der Waals surface area contributed by atoms with Crippen LogP contribution in [0, 0.1) is 13.8 Å². The molecule has 5 nitrogen and oxygen atoms in total. The van der Waals surface area contributed by atoms with Crippen molar-refractivity contribution < 1.29 is 9.32 Å². The molecule has 4 rings (SSSR count). The molecular formula is C23H25N3O2S. The summed E-state index contributed by atoms with van der Waals surface area (Å²) in [6.45, 7) is 8.04. The molecule has 6 heteroatoms. The normalized spacial score (nSPS) is 12.9. The molecule has 0 unspecified atom stereocenters. The predicted octanol–water partition coefficient (Wildman–Crippen LogP) is 5.22. The number of fused-ring (bicyclic) bond motifs is 1. The Labute approximate surface area is 175 Å². The zero-order valence-electron chi connectivity index (χ0n) is 17.0. The number of thioether (sulfide) groups is 1. The van der Waals surface area contributed by atoms with Gasteiger partial charge in [-0.3, -0.25) is 4.79 Å². The third kappa shape index (κ3) is 4.03. The molecule has 0 fully saturated rings. The number of hydrogen-bond acceptors (Lipinski definition) is 5. The Morgan fingerprint density at radius 3 is 2.83 bits per heavy atom. The molecule has 150 valence electrons. The number of hydrogen-bond donors (Lipinski definition) is 1. The first-order valence-electron chi connectivity index (χ1n) is 9.89. The van der Waals surface area contributed by atoms with Gasteiger partial charge in [0.2, 0.25) is 0 Å². The molecule has 1 amide bonds. The van der Waals surface area contributed by atoms with Gasteiger partial charge in [-0.2, -0.15) is 0 Å². The van der Waals surface area contributed by atoms with Crippen molar-refractivity contribution in [3.63, 3.8) is 0 Å². The number of anilines is 2. The van der Waals surface area contributed by atoms with E-state index in [0.29, 0.717) is 5.56 Å². The highest BCUT2D eigenvalue weighted by molar-refractivity contribution is 7.98. The first-order valence-corrected chi connectivity index (χ1v) is 10.9. The molecule has 2 heterocycles. The van der Waals surface area contributed by atoms with Crippen molar-refractivity contribution in [2.24, 2.45) is 0 Å². The van der Waals surface area contributed by atoms with E-state index in [4.69, 9.17) is 4.52 Å². The molecule has 0 spiro atoms. The van der Waals surface area contributed by atoms with Crippen LogP contribution in [0.25, 0.3) is 0 Å². The van der Waals surface area contributed by atoms with Crippen molar-refractivity contribution in [3.05, 3.63) is 70.6 Å². The monoisotopic (exact) mass is 407 g/mol. The first kappa shape index (κ1) is 19.6. The summed E-state index contributed by atoms with van der Waals surface area (Å²) in [7, 11) is 0. The molecule has 2 aromatic carbocycles. The SMILES string of the molecule is CCN1CCc2ccc(NC(=O)c3ccccc3SCc3c(C)noc3C)cc21. The average Bonchev–Trinajstić information content (AvgIpc) is 3.29. The molecule has 0 bridgehead atoms. The second-order valence-corrected chi connectivity index (χ2v) is 8.23. The first-order chi connectivity index (χ1) is 14.1. The van der Waals surface area contributed by atoms with Crippen molar-refractivity contribution >= 4 is 29.0 Å². The number of carbonyl (C=O) groups excluding carboxylic acids is 1. The fourth-order valence-corrected chi connectivity index (χ4v) is 4.89. The molecule has 1 aliphatic heterocycles. The molecule has 0 atom stereocenters. The maximum Gasteiger partial charge on any atom is 0.256 e. The summed E-state index contributed by atoms with van der Waals surface area (Å²) in [5, 5.41) is 7.09. The summed E-state index contributed by atoms with van der Waals surface area (Å²) in [6.07, 6.45) is 1.07. The molecule has 3 aromatic rings. The van der Waals surface area contributed by atoms with Gasteiger partial charge >= 0.3 is 0 Å². The average molecular weight is 408 g/mol. The van der Waals surface area contributed by atoms with Crippen LogP contribution in [0.3, 0.4) is 0 Å². The Morgan fingerprint density at radius 2 is 2.07 bits per heavy atom. The maximum atomic E-state index is 13.0. The van der Waals surface area contributed by atoms with Crippen LogP contribution in [0.15, 0.2) is 51.9 Å². The summed E-state index contributed by atoms with van der Waals surface area (Å²) in [5.41, 5.74) is 6.07. The lowest BCUT2D eigenvalue weighted by atomic mass is 10.1. The Kier molecular flexibility index (Phi) is 5.62. The fraction of sp³-hybridized carbons (Fsp3) is 0.304. The molecule has 29 heavy (non-hydrogen) atoms. The van der Waals surface area contributed by atoms with Gasteiger partial charge in [0.05, 0.1) is 11.3 Å². The van der Waals surface area contributed by atoms with E-state index < -0.39 is 0 Å². The molecule has 0 radical (unpaired) electrons. The standard InChI is InChI=1S/C23H25N3O2S/c1-4-26-12-11-17-9-10-18(13-21(17)26)24-23(27)19-7-5-6-8-22(19)29-14-20-15(2)25-28-16(20)3/h5-10,13H,4,11-12,14H2,1-3H3,(H,24,27). The Morgan fingerprint density at radius 1 is 1.24 bits per heavy atom. The Hall–Kier alpha value is -2.73. The zero-order valence-corrected chi connectivity index (χ0v) is 17.8. The van der Waals surface area contributed by atoms with Crippen molar-refractivity contribution in [2.75, 3.05) is 23.3 Å². The summed E-state index contributed by atoms with van der Waals surface area (Å²) < 4.78 is 5.25. The minimum atomic E-state index is -0.0899. The number of amides is 1. The largest absolute Gasteiger partial charge is 0.371 e. The van der Waals surface area contributed by atoms with Crippen LogP contribution in [0.5, 0.6) is 0 Å². The van der Waals surface area contributed by atoms with E-state index in [-0.39, 0.29) is 5.91 Å². The van der Waals surface area contributed by atoms with E-state index in [2.05, 4.69) is 34.4 Å². The van der Waals surface area contributed by atoms with Gasteiger partial charge in [-0.15, -0.1) is 11.8 Å². The van der Waals surface area contributed by atoms with Gasteiger partial charge in [0.25, 0.3) is 5.91 Å². The molecule has 0 saturated carbocycles. The van der Waals surface area contributed by atoms with Crippen molar-refractivity contribution in [2.45, 2.75) is 37.8 Å². The Bertz CT molecular complexity index is 1020. The maximum absolute atomic E-state index is 13.0. The summed E-state index contributed by atoms with van der Waals surface area (Å²) in [6, 6.07) is 13.9. The highest BCUT2D eigenvalue weighted by atomic mass is 32.2. The highest BCUT2D eigenvalue weighted by Crippen LogP contribution is 2.32. The lowest BCUT2D eigenvalue weighted by Gasteiger charge is -2.17. The quantitative estimate of drug-likeness (QED) is 0.568. The number of nitrogens with zero attached hydrogens (tertiary/aromatic N) is 2. The fourth-order valence-electron chi connectivity index (χ4n) is 3.69. The van der Waals surface area contributed by atoms with E-state index in [0.717, 1.165) is 52.9 Å². The molecule has 1 aromatic heterocycles. The topological polar surface area (TPSA) is 58.4 Å².